The third-order valence-corrected chi connectivity index (χ3v) is 3.29. The normalized spacial score (nSPS) is 10.5. The number of aromatic amines is 1. The number of nitrogens with one attached hydrogen (secondary N) is 1. The van der Waals surface area contributed by atoms with Crippen LogP contribution in [0, 0.1) is 0 Å². The number of esters is 1. The van der Waals surface area contributed by atoms with E-state index in [-0.39, 0.29) is 28.0 Å². The van der Waals surface area contributed by atoms with Crippen LogP contribution >= 0.6 is 34.8 Å². The molecule has 1 aromatic carbocycles. The van der Waals surface area contributed by atoms with Gasteiger partial charge in [-0.3, -0.25) is 0 Å². The molecule has 1 heterocycles. The second kappa shape index (κ2) is 5.77. The van der Waals surface area contributed by atoms with E-state index in [1.54, 1.807) is 13.0 Å². The summed E-state index contributed by atoms with van der Waals surface area (Å²) < 4.78 is 4.88. The monoisotopic (exact) mass is 319 g/mol. The number of carbonyl (C=O) groups is 1. The van der Waals surface area contributed by atoms with Gasteiger partial charge in [-0.15, -0.1) is 5.10 Å². The van der Waals surface area contributed by atoms with Crippen molar-refractivity contribution >= 4 is 40.8 Å². The van der Waals surface area contributed by atoms with Gasteiger partial charge in [0.15, 0.2) is 5.69 Å². The molecule has 0 saturated carbocycles. The largest absolute Gasteiger partial charge is 0.461 e. The Morgan fingerprint density at radius 1 is 1.32 bits per heavy atom. The van der Waals surface area contributed by atoms with Gasteiger partial charge >= 0.3 is 5.97 Å². The van der Waals surface area contributed by atoms with Crippen molar-refractivity contribution in [1.29, 1.82) is 0 Å². The Hall–Kier alpha value is -1.30. The van der Waals surface area contributed by atoms with Crippen molar-refractivity contribution in [2.24, 2.45) is 0 Å². The summed E-state index contributed by atoms with van der Waals surface area (Å²) >= 11 is 17.9. The summed E-state index contributed by atoms with van der Waals surface area (Å²) in [5.74, 6) is -0.599. The Morgan fingerprint density at radius 2 is 2.05 bits per heavy atom. The summed E-state index contributed by atoms with van der Waals surface area (Å²) in [5.41, 5.74) is 0.686. The molecular formula is C11H8Cl3N3O2. The van der Waals surface area contributed by atoms with E-state index in [0.717, 1.165) is 0 Å². The Labute approximate surface area is 123 Å². The summed E-state index contributed by atoms with van der Waals surface area (Å²) in [6.45, 7) is 1.93. The lowest BCUT2D eigenvalue weighted by atomic mass is 10.1. The molecule has 1 N–H and O–H groups in total. The molecule has 2 rings (SSSR count). The molecule has 0 fully saturated rings. The zero-order valence-corrected chi connectivity index (χ0v) is 12.0. The van der Waals surface area contributed by atoms with Gasteiger partial charge in [-0.25, -0.2) is 4.79 Å². The van der Waals surface area contributed by atoms with Crippen LogP contribution in [0.1, 0.15) is 17.4 Å². The maximum Gasteiger partial charge on any atom is 0.361 e. The molecule has 19 heavy (non-hydrogen) atoms. The highest BCUT2D eigenvalue weighted by Gasteiger charge is 2.22. The van der Waals surface area contributed by atoms with E-state index in [1.807, 2.05) is 0 Å². The fourth-order valence-corrected chi connectivity index (χ4v) is 2.18. The summed E-state index contributed by atoms with van der Waals surface area (Å²) in [5, 5.41) is 10.9. The van der Waals surface area contributed by atoms with Gasteiger partial charge in [0.2, 0.25) is 0 Å². The van der Waals surface area contributed by atoms with Gasteiger partial charge in [0.25, 0.3) is 0 Å². The molecule has 0 radical (unpaired) electrons. The third kappa shape index (κ3) is 2.83. The first kappa shape index (κ1) is 14.1. The Kier molecular flexibility index (Phi) is 4.29. The molecule has 2 aromatic rings. The van der Waals surface area contributed by atoms with E-state index in [0.29, 0.717) is 10.6 Å². The third-order valence-electron chi connectivity index (χ3n) is 2.26. The number of carbonyl (C=O) groups excluding carboxylic acids is 1. The number of hydrogen-bond donors (Lipinski definition) is 1. The zero-order chi connectivity index (χ0) is 14.0. The van der Waals surface area contributed by atoms with E-state index in [9.17, 15) is 4.79 Å². The first-order chi connectivity index (χ1) is 9.04. The number of ether oxygens (including phenoxy) is 1. The number of rotatable bonds is 3. The molecule has 0 aliphatic carbocycles. The van der Waals surface area contributed by atoms with Gasteiger partial charge in [0.1, 0.15) is 5.69 Å². The zero-order valence-electron chi connectivity index (χ0n) is 9.71. The maximum absolute atomic E-state index is 11.7. The minimum Gasteiger partial charge on any atom is -0.461 e. The standard InChI is InChI=1S/C11H8Cl3N3O2/c1-2-19-11(18)10-9(15-17-16-10)6-3-5(12)4-7(13)8(6)14/h3-4H,2H2,1H3,(H,15,16,17). The average Bonchev–Trinajstić information content (AvgIpc) is 2.83. The van der Waals surface area contributed by atoms with Gasteiger partial charge < -0.3 is 4.74 Å². The fourth-order valence-electron chi connectivity index (χ4n) is 1.49. The number of halogens is 3. The van der Waals surface area contributed by atoms with Crippen LogP contribution in [0.4, 0.5) is 0 Å². The smallest absolute Gasteiger partial charge is 0.361 e. The summed E-state index contributed by atoms with van der Waals surface area (Å²) in [6, 6.07) is 3.05. The van der Waals surface area contributed by atoms with E-state index >= 15 is 0 Å². The van der Waals surface area contributed by atoms with Crippen LogP contribution in [0.25, 0.3) is 11.3 Å². The van der Waals surface area contributed by atoms with E-state index < -0.39 is 5.97 Å². The van der Waals surface area contributed by atoms with Crippen LogP contribution in [-0.2, 0) is 4.74 Å². The van der Waals surface area contributed by atoms with Crippen molar-refractivity contribution in [3.8, 4) is 11.3 Å². The second-order valence-electron chi connectivity index (χ2n) is 3.49. The van der Waals surface area contributed by atoms with E-state index in [2.05, 4.69) is 15.4 Å². The minimum absolute atomic E-state index is 0.0297. The van der Waals surface area contributed by atoms with Crippen molar-refractivity contribution in [1.82, 2.24) is 15.4 Å². The number of nitrogens with zero attached hydrogens (tertiary/aromatic N) is 2. The lowest BCUT2D eigenvalue weighted by Crippen LogP contribution is -2.06. The first-order valence-corrected chi connectivity index (χ1v) is 6.40. The van der Waals surface area contributed by atoms with Crippen LogP contribution in [0.5, 0.6) is 0 Å². The van der Waals surface area contributed by atoms with Crippen LogP contribution in [0.2, 0.25) is 15.1 Å². The van der Waals surface area contributed by atoms with Crippen molar-refractivity contribution in [3.05, 3.63) is 32.9 Å². The molecule has 0 amide bonds. The van der Waals surface area contributed by atoms with Crippen molar-refractivity contribution in [2.75, 3.05) is 6.61 Å². The second-order valence-corrected chi connectivity index (χ2v) is 4.71. The molecule has 5 nitrogen and oxygen atoms in total. The van der Waals surface area contributed by atoms with Gasteiger partial charge in [-0.1, -0.05) is 34.8 Å². The summed E-state index contributed by atoms with van der Waals surface area (Å²) in [7, 11) is 0. The van der Waals surface area contributed by atoms with Crippen LogP contribution < -0.4 is 0 Å². The van der Waals surface area contributed by atoms with Gasteiger partial charge in [0.05, 0.1) is 16.7 Å². The molecule has 0 unspecified atom stereocenters. The van der Waals surface area contributed by atoms with E-state index in [4.69, 9.17) is 39.5 Å². The average molecular weight is 321 g/mol. The lowest BCUT2D eigenvalue weighted by Gasteiger charge is -2.05. The number of benzene rings is 1. The number of aromatic nitrogens is 3. The molecule has 1 aromatic heterocycles. The van der Waals surface area contributed by atoms with Crippen molar-refractivity contribution < 1.29 is 9.53 Å². The first-order valence-electron chi connectivity index (χ1n) is 5.27. The topological polar surface area (TPSA) is 67.9 Å². The highest BCUT2D eigenvalue weighted by molar-refractivity contribution is 6.45. The SMILES string of the molecule is CCOC(=O)c1n[nH]nc1-c1cc(Cl)cc(Cl)c1Cl. The minimum atomic E-state index is -0.599. The molecule has 100 valence electrons. The quantitative estimate of drug-likeness (QED) is 0.693. The Bertz CT molecular complexity index is 628. The fraction of sp³-hybridized carbons (Fsp3) is 0.182. The predicted molar refractivity (Wildman–Crippen MR) is 72.8 cm³/mol. The Balaban J connectivity index is 2.54. The molecule has 0 aliphatic heterocycles. The molecule has 0 spiro atoms. The number of hydrogen-bond acceptors (Lipinski definition) is 4. The molecule has 0 saturated heterocycles. The molecule has 0 bridgehead atoms. The van der Waals surface area contributed by atoms with Gasteiger partial charge in [-0.05, 0) is 19.1 Å². The molecule has 0 aliphatic rings. The molecule has 0 atom stereocenters. The molecular weight excluding hydrogens is 312 g/mol. The van der Waals surface area contributed by atoms with Crippen LogP contribution in [0.3, 0.4) is 0 Å². The highest BCUT2D eigenvalue weighted by atomic mass is 35.5. The summed E-state index contributed by atoms with van der Waals surface area (Å²) in [6.07, 6.45) is 0. The van der Waals surface area contributed by atoms with Crippen LogP contribution in [-0.4, -0.2) is 28.0 Å². The predicted octanol–water partition coefficient (Wildman–Crippen LogP) is 3.61. The van der Waals surface area contributed by atoms with Crippen molar-refractivity contribution in [3.63, 3.8) is 0 Å². The number of H-pyrrole nitrogens is 1. The van der Waals surface area contributed by atoms with E-state index in [1.165, 1.54) is 6.07 Å². The van der Waals surface area contributed by atoms with Crippen molar-refractivity contribution in [2.45, 2.75) is 6.92 Å². The Morgan fingerprint density at radius 3 is 2.74 bits per heavy atom. The summed E-state index contributed by atoms with van der Waals surface area (Å²) in [4.78, 5) is 11.7. The van der Waals surface area contributed by atoms with Gasteiger partial charge in [-0.2, -0.15) is 10.3 Å². The maximum atomic E-state index is 11.7. The lowest BCUT2D eigenvalue weighted by molar-refractivity contribution is 0.0520. The highest BCUT2D eigenvalue weighted by Crippen LogP contribution is 2.36. The van der Waals surface area contributed by atoms with Gasteiger partial charge in [0, 0.05) is 10.6 Å². The molecule has 8 heteroatoms. The van der Waals surface area contributed by atoms with Crippen LogP contribution in [0.15, 0.2) is 12.1 Å².